The van der Waals surface area contributed by atoms with Gasteiger partial charge in [-0.15, -0.1) is 0 Å². The van der Waals surface area contributed by atoms with Crippen LogP contribution in [0.15, 0.2) is 30.3 Å². The van der Waals surface area contributed by atoms with Crippen molar-refractivity contribution < 1.29 is 33.2 Å². The van der Waals surface area contributed by atoms with Crippen molar-refractivity contribution in [3.05, 3.63) is 35.9 Å². The van der Waals surface area contributed by atoms with Crippen LogP contribution in [0.1, 0.15) is 33.3 Å². The lowest BCUT2D eigenvalue weighted by Crippen LogP contribution is -2.52. The molecule has 4 rings (SSSR count). The van der Waals surface area contributed by atoms with Crippen molar-refractivity contribution in [1.82, 2.24) is 0 Å². The molecule has 1 aromatic rings. The Balaban J connectivity index is 1.56. The average Bonchev–Trinajstić information content (AvgIpc) is 3.01. The number of ether oxygens (including phenoxy) is 6. The fourth-order valence-electron chi connectivity index (χ4n) is 3.63. The summed E-state index contributed by atoms with van der Waals surface area (Å²) in [5.41, 5.74) is 0.878. The Labute approximate surface area is 152 Å². The van der Waals surface area contributed by atoms with Gasteiger partial charge >= 0.3 is 11.8 Å². The van der Waals surface area contributed by atoms with Crippen molar-refractivity contribution in [2.75, 3.05) is 6.61 Å². The van der Waals surface area contributed by atoms with Gasteiger partial charge in [-0.05, 0) is 33.3 Å². The lowest BCUT2D eigenvalue weighted by Gasteiger charge is -2.38. The van der Waals surface area contributed by atoms with E-state index in [1.807, 2.05) is 44.2 Å². The highest BCUT2D eigenvalue weighted by molar-refractivity contribution is 5.80. The Morgan fingerprint density at radius 2 is 1.81 bits per heavy atom. The minimum absolute atomic E-state index is 0.124. The van der Waals surface area contributed by atoms with Crippen molar-refractivity contribution in [3.63, 3.8) is 0 Å². The second kappa shape index (κ2) is 6.00. The third kappa shape index (κ3) is 3.04. The predicted molar refractivity (Wildman–Crippen MR) is 88.8 cm³/mol. The molecule has 1 aromatic carbocycles. The van der Waals surface area contributed by atoms with E-state index in [-0.39, 0.29) is 13.2 Å². The largest absolute Gasteiger partial charge is 0.457 e. The van der Waals surface area contributed by atoms with E-state index in [9.17, 15) is 4.79 Å². The second-order valence-electron chi connectivity index (χ2n) is 7.72. The molecule has 7 nitrogen and oxygen atoms in total. The molecule has 0 amide bonds. The van der Waals surface area contributed by atoms with Gasteiger partial charge in [-0.1, -0.05) is 30.3 Å². The first-order valence-electron chi connectivity index (χ1n) is 8.80. The van der Waals surface area contributed by atoms with Crippen LogP contribution in [-0.2, 0) is 39.8 Å². The van der Waals surface area contributed by atoms with Gasteiger partial charge in [-0.25, -0.2) is 4.79 Å². The van der Waals surface area contributed by atoms with Crippen LogP contribution in [0.2, 0.25) is 0 Å². The van der Waals surface area contributed by atoms with Crippen LogP contribution in [0.4, 0.5) is 0 Å². The number of rotatable bonds is 3. The molecule has 0 radical (unpaired) electrons. The Kier molecular flexibility index (Phi) is 4.13. The molecular formula is C19H24O7. The number of hydrogen-bond acceptors (Lipinski definition) is 7. The molecule has 7 heteroatoms. The highest BCUT2D eigenvalue weighted by Crippen LogP contribution is 2.49. The zero-order valence-electron chi connectivity index (χ0n) is 15.4. The first-order valence-corrected chi connectivity index (χ1v) is 8.80. The molecule has 0 saturated carbocycles. The normalized spacial score (nSPS) is 37.0. The minimum Gasteiger partial charge on any atom is -0.457 e. The summed E-state index contributed by atoms with van der Waals surface area (Å²) in [6.07, 6.45) is -1.67. The maximum Gasteiger partial charge on any atom is 0.370 e. The number of hydrogen-bond donors (Lipinski definition) is 0. The molecule has 0 aliphatic carbocycles. The summed E-state index contributed by atoms with van der Waals surface area (Å²) in [5.74, 6) is -4.05. The molecule has 0 bridgehead atoms. The molecule has 3 heterocycles. The third-order valence-electron chi connectivity index (χ3n) is 4.69. The van der Waals surface area contributed by atoms with E-state index >= 15 is 0 Å². The van der Waals surface area contributed by atoms with Crippen LogP contribution in [0, 0.1) is 0 Å². The molecule has 0 aromatic heterocycles. The van der Waals surface area contributed by atoms with Crippen LogP contribution in [0.3, 0.4) is 0 Å². The van der Waals surface area contributed by atoms with Crippen LogP contribution in [0.5, 0.6) is 0 Å². The zero-order chi connectivity index (χ0) is 18.6. The average molecular weight is 364 g/mol. The number of benzene rings is 1. The fourth-order valence-corrected chi connectivity index (χ4v) is 3.63. The van der Waals surface area contributed by atoms with Crippen molar-refractivity contribution in [1.29, 1.82) is 0 Å². The van der Waals surface area contributed by atoms with Crippen LogP contribution >= 0.6 is 0 Å². The predicted octanol–water partition coefficient (Wildman–Crippen LogP) is 2.13. The number of esters is 1. The molecular weight excluding hydrogens is 340 g/mol. The molecule has 4 atom stereocenters. The van der Waals surface area contributed by atoms with Crippen LogP contribution in [0.25, 0.3) is 0 Å². The summed E-state index contributed by atoms with van der Waals surface area (Å²) in [5, 5.41) is 0. The van der Waals surface area contributed by atoms with E-state index in [0.717, 1.165) is 5.56 Å². The first-order chi connectivity index (χ1) is 12.2. The molecule has 0 unspecified atom stereocenters. The summed E-state index contributed by atoms with van der Waals surface area (Å²) in [4.78, 5) is 13.0. The minimum atomic E-state index is -1.66. The summed E-state index contributed by atoms with van der Waals surface area (Å²) in [6, 6.07) is 9.44. The quantitative estimate of drug-likeness (QED) is 0.761. The van der Waals surface area contributed by atoms with Gasteiger partial charge in [0.15, 0.2) is 17.7 Å². The van der Waals surface area contributed by atoms with E-state index in [2.05, 4.69) is 0 Å². The van der Waals surface area contributed by atoms with Gasteiger partial charge in [0, 0.05) is 0 Å². The smallest absolute Gasteiger partial charge is 0.370 e. The van der Waals surface area contributed by atoms with E-state index < -0.39 is 41.6 Å². The molecule has 3 fully saturated rings. The monoisotopic (exact) mass is 364 g/mol. The fraction of sp³-hybridized carbons (Fsp3) is 0.632. The van der Waals surface area contributed by atoms with Crippen molar-refractivity contribution >= 4 is 5.97 Å². The molecule has 3 aliphatic heterocycles. The Bertz CT molecular complexity index is 686. The highest BCUT2D eigenvalue weighted by atomic mass is 16.9. The van der Waals surface area contributed by atoms with E-state index in [0.29, 0.717) is 0 Å². The lowest BCUT2D eigenvalue weighted by molar-refractivity contribution is -0.326. The molecule has 3 saturated heterocycles. The van der Waals surface area contributed by atoms with Crippen molar-refractivity contribution in [2.24, 2.45) is 0 Å². The summed E-state index contributed by atoms with van der Waals surface area (Å²) in [6.45, 7) is 7.52. The molecule has 0 spiro atoms. The van der Waals surface area contributed by atoms with E-state index in [1.165, 1.54) is 0 Å². The highest BCUT2D eigenvalue weighted by Gasteiger charge is 2.71. The Morgan fingerprint density at radius 3 is 2.54 bits per heavy atom. The summed E-state index contributed by atoms with van der Waals surface area (Å²) < 4.78 is 35.0. The van der Waals surface area contributed by atoms with Gasteiger partial charge in [-0.2, -0.15) is 0 Å². The van der Waals surface area contributed by atoms with E-state index in [1.54, 1.807) is 13.8 Å². The van der Waals surface area contributed by atoms with Crippen LogP contribution in [-0.4, -0.2) is 48.2 Å². The standard InChI is InChI=1S/C19H24O7/c1-17(2)22-11-13-14(24-17)15-19(23-13,26-18(3,4)25-15)16(20)21-10-12-8-6-5-7-9-12/h5-9,13-15H,10-11H2,1-4H3/t13-,14+,15-,19+/m0/s1. The molecule has 3 aliphatic rings. The lowest BCUT2D eigenvalue weighted by atomic mass is 10.0. The zero-order valence-corrected chi connectivity index (χ0v) is 15.4. The maximum absolute atomic E-state index is 13.0. The van der Waals surface area contributed by atoms with Gasteiger partial charge in [0.05, 0.1) is 6.61 Å². The number of fused-ring (bicyclic) bond motifs is 3. The molecule has 26 heavy (non-hydrogen) atoms. The Hall–Kier alpha value is -1.51. The van der Waals surface area contributed by atoms with Gasteiger partial charge in [0.25, 0.3) is 0 Å². The number of carbonyl (C=O) groups excluding carboxylic acids is 1. The second-order valence-corrected chi connectivity index (χ2v) is 7.72. The number of carbonyl (C=O) groups is 1. The van der Waals surface area contributed by atoms with Gasteiger partial charge in [0.1, 0.15) is 18.8 Å². The van der Waals surface area contributed by atoms with Gasteiger partial charge in [-0.3, -0.25) is 0 Å². The van der Waals surface area contributed by atoms with Crippen LogP contribution < -0.4 is 0 Å². The third-order valence-corrected chi connectivity index (χ3v) is 4.69. The molecule has 0 N–H and O–H groups in total. The van der Waals surface area contributed by atoms with E-state index in [4.69, 9.17) is 28.4 Å². The topological polar surface area (TPSA) is 72.5 Å². The van der Waals surface area contributed by atoms with Gasteiger partial charge in [0.2, 0.25) is 0 Å². The van der Waals surface area contributed by atoms with Crippen molar-refractivity contribution in [3.8, 4) is 0 Å². The molecule has 142 valence electrons. The first kappa shape index (κ1) is 17.9. The Morgan fingerprint density at radius 1 is 1.08 bits per heavy atom. The van der Waals surface area contributed by atoms with Gasteiger partial charge < -0.3 is 28.4 Å². The maximum atomic E-state index is 13.0. The van der Waals surface area contributed by atoms with Crippen molar-refractivity contribution in [2.45, 2.75) is 70.0 Å². The summed E-state index contributed by atoms with van der Waals surface area (Å²) >= 11 is 0. The summed E-state index contributed by atoms with van der Waals surface area (Å²) in [7, 11) is 0. The SMILES string of the molecule is CC1(C)OC[C@@H]2O[C@@]3(C(=O)OCc4ccccc4)OC(C)(C)O[C@H]3[C@@H]2O1.